The van der Waals surface area contributed by atoms with Crippen LogP contribution in [0.1, 0.15) is 31.7 Å². The van der Waals surface area contributed by atoms with Crippen molar-refractivity contribution in [3.05, 3.63) is 35.9 Å². The van der Waals surface area contributed by atoms with Gasteiger partial charge in [0.25, 0.3) is 0 Å². The highest BCUT2D eigenvalue weighted by atomic mass is 16.4. The Morgan fingerprint density at radius 2 is 1.86 bits per heavy atom. The number of carbonyl (C=O) groups excluding carboxylic acids is 3. The number of carboxylic acid groups (broad SMARTS) is 1. The standard InChI is InChI=1S/C20H27N3O5/c1-15(24)23(14-20(27)28)17-8-5-10-22(11-9-17)19(26)13-21-18(25)12-16-6-3-2-4-7-16/h2-4,6-7,17H,5,8-14H2,1H3,(H,21,25)(H,27,28). The number of aliphatic carboxylic acids is 1. The van der Waals surface area contributed by atoms with Crippen LogP contribution in [0.5, 0.6) is 0 Å². The predicted octanol–water partition coefficient (Wildman–Crippen LogP) is 0.660. The highest BCUT2D eigenvalue weighted by Crippen LogP contribution is 2.17. The van der Waals surface area contributed by atoms with Crippen molar-refractivity contribution in [1.29, 1.82) is 0 Å². The van der Waals surface area contributed by atoms with Crippen molar-refractivity contribution in [2.24, 2.45) is 0 Å². The molecule has 1 unspecified atom stereocenters. The number of carbonyl (C=O) groups is 4. The zero-order valence-electron chi connectivity index (χ0n) is 16.1. The fraction of sp³-hybridized carbons (Fsp3) is 0.500. The lowest BCUT2D eigenvalue weighted by Gasteiger charge is -2.28. The SMILES string of the molecule is CC(=O)N(CC(=O)O)C1CCCN(C(=O)CNC(=O)Cc2ccccc2)CC1. The zero-order valence-corrected chi connectivity index (χ0v) is 16.1. The van der Waals surface area contributed by atoms with Crippen LogP contribution in [0.3, 0.4) is 0 Å². The Kier molecular flexibility index (Phi) is 7.98. The van der Waals surface area contributed by atoms with Gasteiger partial charge >= 0.3 is 5.97 Å². The lowest BCUT2D eigenvalue weighted by Crippen LogP contribution is -2.44. The van der Waals surface area contributed by atoms with Gasteiger partial charge in [0.05, 0.1) is 13.0 Å². The maximum Gasteiger partial charge on any atom is 0.323 e. The first-order chi connectivity index (χ1) is 13.4. The molecule has 1 aliphatic heterocycles. The normalized spacial score (nSPS) is 16.8. The second-order valence-electron chi connectivity index (χ2n) is 6.95. The number of hydrogen-bond acceptors (Lipinski definition) is 4. The van der Waals surface area contributed by atoms with E-state index >= 15 is 0 Å². The maximum atomic E-state index is 12.4. The molecule has 8 nitrogen and oxygen atoms in total. The number of amides is 3. The van der Waals surface area contributed by atoms with E-state index in [4.69, 9.17) is 5.11 Å². The maximum absolute atomic E-state index is 12.4. The average Bonchev–Trinajstić information content (AvgIpc) is 2.91. The van der Waals surface area contributed by atoms with Crippen molar-refractivity contribution in [3.8, 4) is 0 Å². The van der Waals surface area contributed by atoms with Crippen LogP contribution < -0.4 is 5.32 Å². The Labute approximate surface area is 164 Å². The molecule has 0 aromatic heterocycles. The summed E-state index contributed by atoms with van der Waals surface area (Å²) < 4.78 is 0. The minimum absolute atomic E-state index is 0.0676. The van der Waals surface area contributed by atoms with Gasteiger partial charge in [-0.05, 0) is 24.8 Å². The van der Waals surface area contributed by atoms with Crippen LogP contribution in [0.4, 0.5) is 0 Å². The molecule has 0 radical (unpaired) electrons. The van der Waals surface area contributed by atoms with E-state index in [-0.39, 0.29) is 43.3 Å². The molecule has 1 aromatic carbocycles. The van der Waals surface area contributed by atoms with Crippen LogP contribution in [0, 0.1) is 0 Å². The number of nitrogens with one attached hydrogen (secondary N) is 1. The molecule has 2 rings (SSSR count). The van der Waals surface area contributed by atoms with Crippen LogP contribution in [0.25, 0.3) is 0 Å². The van der Waals surface area contributed by atoms with Gasteiger partial charge in [-0.25, -0.2) is 0 Å². The number of likely N-dealkylation sites (tertiary alicyclic amines) is 1. The number of carboxylic acids is 1. The molecule has 1 aromatic rings. The Bertz CT molecular complexity index is 707. The van der Waals surface area contributed by atoms with Gasteiger partial charge in [0.15, 0.2) is 0 Å². The van der Waals surface area contributed by atoms with E-state index in [1.807, 2.05) is 30.3 Å². The van der Waals surface area contributed by atoms with E-state index in [2.05, 4.69) is 5.32 Å². The highest BCUT2D eigenvalue weighted by molar-refractivity contribution is 5.85. The number of benzene rings is 1. The van der Waals surface area contributed by atoms with E-state index in [9.17, 15) is 19.2 Å². The molecular weight excluding hydrogens is 362 g/mol. The second-order valence-corrected chi connectivity index (χ2v) is 6.95. The van der Waals surface area contributed by atoms with E-state index in [1.54, 1.807) is 4.90 Å². The third-order valence-corrected chi connectivity index (χ3v) is 4.85. The summed E-state index contributed by atoms with van der Waals surface area (Å²) in [5.41, 5.74) is 0.882. The Morgan fingerprint density at radius 1 is 1.14 bits per heavy atom. The lowest BCUT2D eigenvalue weighted by atomic mass is 10.1. The van der Waals surface area contributed by atoms with E-state index in [0.717, 1.165) is 5.56 Å². The van der Waals surface area contributed by atoms with Crippen LogP contribution in [-0.4, -0.2) is 70.8 Å². The van der Waals surface area contributed by atoms with E-state index in [0.29, 0.717) is 32.4 Å². The molecule has 2 N–H and O–H groups in total. The summed E-state index contributed by atoms with van der Waals surface area (Å²) in [5.74, 6) is -1.71. The summed E-state index contributed by atoms with van der Waals surface area (Å²) in [6.07, 6.45) is 2.07. The first kappa shape index (κ1) is 21.4. The molecular formula is C20H27N3O5. The van der Waals surface area contributed by atoms with E-state index in [1.165, 1.54) is 11.8 Å². The molecule has 0 aliphatic carbocycles. The van der Waals surface area contributed by atoms with Crippen molar-refractivity contribution >= 4 is 23.7 Å². The van der Waals surface area contributed by atoms with Gasteiger partial charge < -0.3 is 20.2 Å². The number of rotatable bonds is 7. The van der Waals surface area contributed by atoms with Gasteiger partial charge in [-0.15, -0.1) is 0 Å². The van der Waals surface area contributed by atoms with Gasteiger partial charge in [-0.3, -0.25) is 19.2 Å². The Balaban J connectivity index is 1.82. The van der Waals surface area contributed by atoms with Crippen molar-refractivity contribution in [2.45, 2.75) is 38.6 Å². The van der Waals surface area contributed by atoms with Crippen molar-refractivity contribution in [3.63, 3.8) is 0 Å². The second kappa shape index (κ2) is 10.4. The molecule has 1 atom stereocenters. The van der Waals surface area contributed by atoms with Crippen LogP contribution in [0.15, 0.2) is 30.3 Å². The molecule has 1 fully saturated rings. The van der Waals surface area contributed by atoms with Gasteiger partial charge in [0.1, 0.15) is 6.54 Å². The highest BCUT2D eigenvalue weighted by Gasteiger charge is 2.27. The molecule has 0 spiro atoms. The molecule has 1 saturated heterocycles. The molecule has 1 heterocycles. The average molecular weight is 389 g/mol. The first-order valence-electron chi connectivity index (χ1n) is 9.44. The summed E-state index contributed by atoms with van der Waals surface area (Å²) in [6, 6.07) is 9.11. The number of nitrogens with zero attached hydrogens (tertiary/aromatic N) is 2. The summed E-state index contributed by atoms with van der Waals surface area (Å²) in [7, 11) is 0. The molecule has 3 amide bonds. The van der Waals surface area contributed by atoms with Crippen LogP contribution in [-0.2, 0) is 25.6 Å². The largest absolute Gasteiger partial charge is 0.480 e. The smallest absolute Gasteiger partial charge is 0.323 e. The Hall–Kier alpha value is -2.90. The first-order valence-corrected chi connectivity index (χ1v) is 9.44. The summed E-state index contributed by atoms with van der Waals surface area (Å²) in [6.45, 7) is 1.93. The van der Waals surface area contributed by atoms with Crippen molar-refractivity contribution in [1.82, 2.24) is 15.1 Å². The minimum atomic E-state index is -1.05. The molecule has 28 heavy (non-hydrogen) atoms. The topological polar surface area (TPSA) is 107 Å². The third kappa shape index (κ3) is 6.68. The van der Waals surface area contributed by atoms with Crippen LogP contribution in [0.2, 0.25) is 0 Å². The fourth-order valence-electron chi connectivity index (χ4n) is 3.41. The minimum Gasteiger partial charge on any atom is -0.480 e. The zero-order chi connectivity index (χ0) is 20.5. The molecule has 0 saturated carbocycles. The van der Waals surface area contributed by atoms with Gasteiger partial charge in [0.2, 0.25) is 17.7 Å². The molecule has 8 heteroatoms. The quantitative estimate of drug-likeness (QED) is 0.712. The lowest BCUT2D eigenvalue weighted by molar-refractivity contribution is -0.145. The van der Waals surface area contributed by atoms with Gasteiger partial charge in [0, 0.05) is 26.1 Å². The number of hydrogen-bond donors (Lipinski definition) is 2. The Morgan fingerprint density at radius 3 is 2.50 bits per heavy atom. The summed E-state index contributed by atoms with van der Waals surface area (Å²) in [4.78, 5) is 50.2. The molecule has 0 bridgehead atoms. The van der Waals surface area contributed by atoms with Crippen molar-refractivity contribution < 1.29 is 24.3 Å². The van der Waals surface area contributed by atoms with Gasteiger partial charge in [-0.1, -0.05) is 30.3 Å². The predicted molar refractivity (Wildman–Crippen MR) is 102 cm³/mol. The van der Waals surface area contributed by atoms with Crippen molar-refractivity contribution in [2.75, 3.05) is 26.2 Å². The molecule has 152 valence electrons. The monoisotopic (exact) mass is 389 g/mol. The fourth-order valence-corrected chi connectivity index (χ4v) is 3.41. The van der Waals surface area contributed by atoms with Gasteiger partial charge in [-0.2, -0.15) is 0 Å². The van der Waals surface area contributed by atoms with Crippen LogP contribution >= 0.6 is 0 Å². The summed E-state index contributed by atoms with van der Waals surface area (Å²) in [5, 5.41) is 11.7. The molecule has 1 aliphatic rings. The summed E-state index contributed by atoms with van der Waals surface area (Å²) >= 11 is 0. The third-order valence-electron chi connectivity index (χ3n) is 4.85. The van der Waals surface area contributed by atoms with E-state index < -0.39 is 5.97 Å².